The van der Waals surface area contributed by atoms with Gasteiger partial charge in [0, 0.05) is 13.7 Å². The van der Waals surface area contributed by atoms with Gasteiger partial charge < -0.3 is 15.8 Å². The van der Waals surface area contributed by atoms with Crippen molar-refractivity contribution in [1.29, 1.82) is 0 Å². The predicted octanol–water partition coefficient (Wildman–Crippen LogP) is 0.102. The molecular formula is C6H14N2OS. The van der Waals surface area contributed by atoms with Crippen molar-refractivity contribution in [2.75, 3.05) is 20.3 Å². The van der Waals surface area contributed by atoms with Crippen molar-refractivity contribution in [2.24, 2.45) is 11.7 Å². The maximum atomic E-state index is 5.22. The van der Waals surface area contributed by atoms with Gasteiger partial charge in [-0.05, 0) is 18.1 Å². The summed E-state index contributed by atoms with van der Waals surface area (Å²) < 4.78 is 4.91. The molecule has 0 aromatic heterocycles. The number of nitrogens with two attached hydrogens (primary N) is 1. The monoisotopic (exact) mass is 162 g/mol. The van der Waals surface area contributed by atoms with Crippen molar-refractivity contribution >= 4 is 17.3 Å². The molecule has 3 nitrogen and oxygen atoms in total. The number of thiocarbonyl (C=S) groups is 1. The minimum atomic E-state index is 0.350. The average Bonchev–Trinajstić information content (AvgIpc) is 1.85. The summed E-state index contributed by atoms with van der Waals surface area (Å²) in [5, 5.41) is 3.21. The van der Waals surface area contributed by atoms with Crippen LogP contribution in [0.3, 0.4) is 0 Å². The molecule has 0 heterocycles. The lowest BCUT2D eigenvalue weighted by Crippen LogP contribution is -2.33. The van der Waals surface area contributed by atoms with Crippen LogP contribution in [0.2, 0.25) is 0 Å². The molecular weight excluding hydrogens is 148 g/mol. The molecule has 0 spiro atoms. The smallest absolute Gasteiger partial charge is 0.163 e. The Morgan fingerprint density at radius 1 is 1.80 bits per heavy atom. The first-order valence-corrected chi connectivity index (χ1v) is 3.60. The summed E-state index contributed by atoms with van der Waals surface area (Å²) in [6.07, 6.45) is 0. The van der Waals surface area contributed by atoms with E-state index in [1.165, 1.54) is 0 Å². The fraction of sp³-hybridized carbons (Fsp3) is 0.833. The molecule has 0 rings (SSSR count). The van der Waals surface area contributed by atoms with E-state index in [2.05, 4.69) is 24.5 Å². The first-order valence-electron chi connectivity index (χ1n) is 3.19. The summed E-state index contributed by atoms with van der Waals surface area (Å²) in [7, 11) is 1.68. The molecule has 0 saturated heterocycles. The average molecular weight is 162 g/mol. The molecule has 0 aliphatic carbocycles. The van der Waals surface area contributed by atoms with E-state index >= 15 is 0 Å². The van der Waals surface area contributed by atoms with Crippen LogP contribution in [-0.4, -0.2) is 25.4 Å². The van der Waals surface area contributed by atoms with Crippen molar-refractivity contribution in [3.63, 3.8) is 0 Å². The van der Waals surface area contributed by atoms with Gasteiger partial charge in [-0.25, -0.2) is 0 Å². The number of ether oxygens (including phenoxy) is 1. The second kappa shape index (κ2) is 5.44. The van der Waals surface area contributed by atoms with Crippen molar-refractivity contribution in [2.45, 2.75) is 6.92 Å². The third kappa shape index (κ3) is 5.78. The van der Waals surface area contributed by atoms with Gasteiger partial charge in [0.2, 0.25) is 0 Å². The van der Waals surface area contributed by atoms with Gasteiger partial charge in [-0.2, -0.15) is 0 Å². The zero-order chi connectivity index (χ0) is 7.98. The van der Waals surface area contributed by atoms with Crippen LogP contribution in [0.4, 0.5) is 0 Å². The maximum absolute atomic E-state index is 5.22. The van der Waals surface area contributed by atoms with E-state index in [-0.39, 0.29) is 0 Å². The fourth-order valence-corrected chi connectivity index (χ4v) is 0.702. The highest BCUT2D eigenvalue weighted by molar-refractivity contribution is 7.80. The Labute approximate surface area is 66.9 Å². The van der Waals surface area contributed by atoms with Crippen molar-refractivity contribution in [1.82, 2.24) is 5.32 Å². The molecule has 1 atom stereocenters. The van der Waals surface area contributed by atoms with E-state index in [0.717, 1.165) is 13.2 Å². The van der Waals surface area contributed by atoms with E-state index in [4.69, 9.17) is 10.5 Å². The Hall–Kier alpha value is -0.350. The summed E-state index contributed by atoms with van der Waals surface area (Å²) >= 11 is 4.62. The van der Waals surface area contributed by atoms with E-state index in [1.807, 2.05) is 0 Å². The Morgan fingerprint density at radius 3 is 2.80 bits per heavy atom. The molecule has 4 heteroatoms. The summed E-state index contributed by atoms with van der Waals surface area (Å²) in [6, 6.07) is 0. The SMILES string of the molecule is COCC(C)CNC(N)=S. The highest BCUT2D eigenvalue weighted by Crippen LogP contribution is 1.90. The molecule has 0 aromatic carbocycles. The van der Waals surface area contributed by atoms with E-state index < -0.39 is 0 Å². The minimum Gasteiger partial charge on any atom is -0.384 e. The van der Waals surface area contributed by atoms with Crippen LogP contribution < -0.4 is 11.1 Å². The molecule has 0 aromatic rings. The quantitative estimate of drug-likeness (QED) is 0.576. The third-order valence-electron chi connectivity index (χ3n) is 1.08. The van der Waals surface area contributed by atoms with Gasteiger partial charge in [-0.15, -0.1) is 0 Å². The number of hydrogen-bond acceptors (Lipinski definition) is 2. The Kier molecular flexibility index (Phi) is 5.25. The number of rotatable bonds is 4. The summed E-state index contributed by atoms with van der Waals surface area (Å²) in [5.74, 6) is 0.450. The predicted molar refractivity (Wildman–Crippen MR) is 45.8 cm³/mol. The molecule has 0 amide bonds. The first kappa shape index (κ1) is 9.65. The van der Waals surface area contributed by atoms with Crippen molar-refractivity contribution in [3.8, 4) is 0 Å². The van der Waals surface area contributed by atoms with E-state index in [0.29, 0.717) is 11.0 Å². The normalized spacial score (nSPS) is 12.6. The third-order valence-corrected chi connectivity index (χ3v) is 1.22. The molecule has 0 aliphatic rings. The molecule has 10 heavy (non-hydrogen) atoms. The Bertz CT molecular complexity index is 108. The van der Waals surface area contributed by atoms with Crippen LogP contribution in [0.1, 0.15) is 6.92 Å². The van der Waals surface area contributed by atoms with Crippen molar-refractivity contribution in [3.05, 3.63) is 0 Å². The molecule has 1 unspecified atom stereocenters. The summed E-state index contributed by atoms with van der Waals surface area (Å²) in [4.78, 5) is 0. The zero-order valence-corrected chi connectivity index (χ0v) is 7.20. The van der Waals surface area contributed by atoms with Gasteiger partial charge in [0.15, 0.2) is 5.11 Å². The van der Waals surface area contributed by atoms with Gasteiger partial charge >= 0.3 is 0 Å². The van der Waals surface area contributed by atoms with E-state index in [1.54, 1.807) is 7.11 Å². The lowest BCUT2D eigenvalue weighted by molar-refractivity contribution is 0.161. The van der Waals surface area contributed by atoms with Crippen LogP contribution in [0.15, 0.2) is 0 Å². The number of methoxy groups -OCH3 is 1. The fourth-order valence-electron chi connectivity index (χ4n) is 0.618. The van der Waals surface area contributed by atoms with E-state index in [9.17, 15) is 0 Å². The molecule has 0 bridgehead atoms. The van der Waals surface area contributed by atoms with Crippen LogP contribution in [0.5, 0.6) is 0 Å². The molecule has 3 N–H and O–H groups in total. The second-order valence-corrected chi connectivity index (χ2v) is 2.75. The van der Waals surface area contributed by atoms with Gasteiger partial charge in [-0.3, -0.25) is 0 Å². The minimum absolute atomic E-state index is 0.350. The lowest BCUT2D eigenvalue weighted by atomic mass is 10.2. The van der Waals surface area contributed by atoms with Gasteiger partial charge in [0.05, 0.1) is 6.61 Å². The Morgan fingerprint density at radius 2 is 2.40 bits per heavy atom. The van der Waals surface area contributed by atoms with Gasteiger partial charge in [-0.1, -0.05) is 6.92 Å². The highest BCUT2D eigenvalue weighted by atomic mass is 32.1. The summed E-state index contributed by atoms with van der Waals surface area (Å²) in [6.45, 7) is 3.58. The standard InChI is InChI=1S/C6H14N2OS/c1-5(4-9-2)3-8-6(7)10/h5H,3-4H2,1-2H3,(H3,7,8,10). The highest BCUT2D eigenvalue weighted by Gasteiger charge is 1.99. The van der Waals surface area contributed by atoms with Gasteiger partial charge in [0.25, 0.3) is 0 Å². The second-order valence-electron chi connectivity index (χ2n) is 2.31. The largest absolute Gasteiger partial charge is 0.384 e. The molecule has 0 radical (unpaired) electrons. The topological polar surface area (TPSA) is 47.3 Å². The maximum Gasteiger partial charge on any atom is 0.163 e. The van der Waals surface area contributed by atoms with Crippen LogP contribution in [0.25, 0.3) is 0 Å². The Balaban J connectivity index is 3.21. The molecule has 0 saturated carbocycles. The van der Waals surface area contributed by atoms with Crippen molar-refractivity contribution < 1.29 is 4.74 Å². The number of nitrogens with one attached hydrogen (secondary N) is 1. The lowest BCUT2D eigenvalue weighted by Gasteiger charge is -2.10. The summed E-state index contributed by atoms with van der Waals surface area (Å²) in [5.41, 5.74) is 5.22. The molecule has 0 fully saturated rings. The van der Waals surface area contributed by atoms with Crippen LogP contribution in [0, 0.1) is 5.92 Å². The first-order chi connectivity index (χ1) is 4.66. The van der Waals surface area contributed by atoms with Crippen LogP contribution >= 0.6 is 12.2 Å². The van der Waals surface area contributed by atoms with Gasteiger partial charge in [0.1, 0.15) is 0 Å². The number of hydrogen-bond donors (Lipinski definition) is 2. The molecule has 0 aliphatic heterocycles. The van der Waals surface area contributed by atoms with Crippen LogP contribution in [-0.2, 0) is 4.74 Å². The zero-order valence-electron chi connectivity index (χ0n) is 6.39. The molecule has 60 valence electrons.